The molecule has 0 radical (unpaired) electrons. The number of carbonyl (C=O) groups excluding carboxylic acids is 2. The third-order valence-corrected chi connectivity index (χ3v) is 26.0. The third kappa shape index (κ3) is 24.1. The number of phenolic OH excluding ortho intramolecular Hbond substituents is 1. The Kier molecular flexibility index (Phi) is 32.1. The van der Waals surface area contributed by atoms with Crippen LogP contribution in [0, 0.1) is 53.2 Å². The van der Waals surface area contributed by atoms with Crippen molar-refractivity contribution in [3.63, 3.8) is 0 Å². The van der Waals surface area contributed by atoms with E-state index >= 15 is 8.78 Å². The van der Waals surface area contributed by atoms with E-state index in [9.17, 15) is 18.0 Å². The van der Waals surface area contributed by atoms with E-state index in [1.54, 1.807) is 24.3 Å². The number of rotatable bonds is 16. The molecule has 7 aromatic carbocycles. The molecule has 0 unspecified atom stereocenters. The third-order valence-electron chi connectivity index (χ3n) is 22.9. The van der Waals surface area contributed by atoms with Gasteiger partial charge in [-0.05, 0) is 242 Å². The first-order valence-corrected chi connectivity index (χ1v) is 44.2. The maximum atomic E-state index is 15.3. The van der Waals surface area contributed by atoms with E-state index in [-0.39, 0.29) is 66.6 Å². The lowest BCUT2D eigenvalue weighted by Crippen LogP contribution is -2.41. The molecule has 118 heavy (non-hydrogen) atoms. The predicted molar refractivity (Wildman–Crippen MR) is 453 cm³/mol. The lowest BCUT2D eigenvalue weighted by atomic mass is 9.75. The summed E-state index contributed by atoms with van der Waals surface area (Å²) < 4.78 is 138. The van der Waals surface area contributed by atoms with Crippen LogP contribution in [0.1, 0.15) is 196 Å². The summed E-state index contributed by atoms with van der Waals surface area (Å²) in [5.74, 6) is 3.68. The Morgan fingerprint density at radius 1 is 0.500 bits per heavy atom. The van der Waals surface area contributed by atoms with Crippen molar-refractivity contribution in [3.05, 3.63) is 184 Å². The van der Waals surface area contributed by atoms with Crippen molar-refractivity contribution in [2.75, 3.05) is 86.5 Å². The first kappa shape index (κ1) is 91.3. The van der Waals surface area contributed by atoms with Crippen molar-refractivity contribution < 1.29 is 107 Å². The summed E-state index contributed by atoms with van der Waals surface area (Å²) in [5, 5.41) is 17.9. The van der Waals surface area contributed by atoms with Gasteiger partial charge in [0.05, 0.1) is 96.4 Å². The fourth-order valence-electron chi connectivity index (χ4n) is 15.9. The number of aromatic hydroxyl groups is 1. The summed E-state index contributed by atoms with van der Waals surface area (Å²) in [6, 6.07) is 29.8. The SMILES string of the molecule is COC(=O)C[C@@H]1COc2cc(O[C@@H]3CCc4c(-c5c(C)cc(OC6CCOCC6)cc5C)ccc(F)c43)ccc21.COC(=O)C[C@@H]1COc2cc(O[C@@H]3CCc4c(B5OC(C)(C)C(C)(C)O5)ccc(F)c43)ccc21.CS(=O)(=O)OC1CCOCC1.Cc1cc(O)cc(C)c1Br.Cc1cc(OC2CCOCC2)cc(C)c1Br.OC1CCOCC1. The minimum atomic E-state index is -3.28. The topological polar surface area (TPSA) is 247 Å². The number of aliphatic hydroxyl groups is 1. The number of aryl methyl sites for hydroxylation is 6. The number of phenols is 1. The van der Waals surface area contributed by atoms with Gasteiger partial charge in [0.2, 0.25) is 0 Å². The molecule has 0 saturated carbocycles. The first-order valence-electron chi connectivity index (χ1n) is 40.8. The molecule has 0 aromatic heterocycles. The van der Waals surface area contributed by atoms with E-state index in [0.29, 0.717) is 105 Å². The lowest BCUT2D eigenvalue weighted by Gasteiger charge is -2.32. The molecule has 16 rings (SSSR count). The van der Waals surface area contributed by atoms with Crippen LogP contribution in [-0.2, 0) is 74.5 Å². The van der Waals surface area contributed by atoms with Crippen LogP contribution in [0.25, 0.3) is 11.1 Å². The van der Waals surface area contributed by atoms with Gasteiger partial charge in [-0.1, -0.05) is 56.1 Å². The van der Waals surface area contributed by atoms with E-state index in [2.05, 4.69) is 83.8 Å². The minimum absolute atomic E-state index is 0.0383. The van der Waals surface area contributed by atoms with Gasteiger partial charge in [0.25, 0.3) is 10.1 Å². The van der Waals surface area contributed by atoms with Crippen LogP contribution in [0.5, 0.6) is 40.2 Å². The van der Waals surface area contributed by atoms with Gasteiger partial charge in [0.15, 0.2) is 0 Å². The average Bonchev–Trinajstić information content (AvgIpc) is 1.60. The molecule has 2 aliphatic carbocycles. The Labute approximate surface area is 710 Å². The zero-order valence-corrected chi connectivity index (χ0v) is 74.0. The molecule has 7 aliphatic heterocycles. The Morgan fingerprint density at radius 2 is 0.890 bits per heavy atom. The molecule has 0 bridgehead atoms. The van der Waals surface area contributed by atoms with E-state index < -0.39 is 40.6 Å². The van der Waals surface area contributed by atoms with Crippen molar-refractivity contribution in [1.29, 1.82) is 0 Å². The van der Waals surface area contributed by atoms with Crippen molar-refractivity contribution in [1.82, 2.24) is 0 Å². The molecule has 5 saturated heterocycles. The second-order valence-electron chi connectivity index (χ2n) is 32.4. The van der Waals surface area contributed by atoms with Crippen molar-refractivity contribution in [2.24, 2.45) is 0 Å². The lowest BCUT2D eigenvalue weighted by molar-refractivity contribution is -0.142. The summed E-state index contributed by atoms with van der Waals surface area (Å²) in [6.45, 7) is 26.9. The summed E-state index contributed by atoms with van der Waals surface area (Å²) in [7, 11) is -1.05. The molecule has 27 heteroatoms. The summed E-state index contributed by atoms with van der Waals surface area (Å²) in [6.07, 6.45) is 10.6. The van der Waals surface area contributed by atoms with Gasteiger partial charge in [-0.25, -0.2) is 8.78 Å². The fraction of sp³-hybridized carbons (Fsp3) is 0.516. The molecule has 7 heterocycles. The standard InChI is InChI=1S/C33H35FO6.C26H30BFO6.C13H17BrO2.C8H9BrO.C6H12O4S.C5H10O2/c1-19-14-24(39-22-10-12-37-13-11-22)15-20(2)32(19)26-6-8-28(34)33-27(26)7-9-29(33)40-23-4-5-25-21(16-31(35)36-3)18-38-30(25)17-23;1-25(2)26(3,4)34-27(33-25)19-9-10-20(28)24-18(19)8-11-21(24)32-16-6-7-17-15(12-23(29)30-5)14-31-22(17)13-16;1-9-7-12(8-10(2)13(9)14)16-11-3-5-15-6-4-11;1-5-3-7(10)4-6(2)8(5)9;1-11(7,8)10-6-2-4-9-5-3-6;6-5-1-3-7-4-2-5/h4-6,8,14-15,17,21-22,29H,7,9-13,16,18H2,1-3H3;6-7,9-10,13,15,21H,8,11-12,14H2,1-5H3;7-8,11H,3-6H2,1-2H3;3-4,10H,1-2H3;6H,2-5H2,1H3;5-6H,1-4H2/t21-,29-;15-,21-;;;;/m11..../s1. The largest absolute Gasteiger partial charge is 0.508 e. The molecular formula is C91H113BBr2F2O21S. The van der Waals surface area contributed by atoms with Crippen molar-refractivity contribution >= 4 is 66.5 Å². The number of esters is 2. The van der Waals surface area contributed by atoms with Crippen molar-refractivity contribution in [3.8, 4) is 51.4 Å². The summed E-state index contributed by atoms with van der Waals surface area (Å²) in [5.41, 5.74) is 13.9. The van der Waals surface area contributed by atoms with E-state index in [1.807, 2.05) is 84.0 Å². The summed E-state index contributed by atoms with van der Waals surface area (Å²) in [4.78, 5) is 23.4. The highest BCUT2D eigenvalue weighted by atomic mass is 79.9. The number of fused-ring (bicyclic) bond motifs is 4. The van der Waals surface area contributed by atoms with Gasteiger partial charge in [-0.2, -0.15) is 8.42 Å². The Hall–Kier alpha value is -7.41. The molecule has 0 amide bonds. The average molecular weight is 1780 g/mol. The second-order valence-corrected chi connectivity index (χ2v) is 35.6. The molecule has 0 spiro atoms. The van der Waals surface area contributed by atoms with E-state index in [0.717, 1.165) is 168 Å². The van der Waals surface area contributed by atoms with Crippen LogP contribution in [0.15, 0.2) is 106 Å². The highest BCUT2D eigenvalue weighted by molar-refractivity contribution is 9.11. The van der Waals surface area contributed by atoms with Crippen LogP contribution < -0.4 is 33.9 Å². The maximum Gasteiger partial charge on any atom is 0.495 e. The molecule has 7 aromatic rings. The van der Waals surface area contributed by atoms with Gasteiger partial charge in [-0.15, -0.1) is 0 Å². The minimum Gasteiger partial charge on any atom is -0.508 e. The zero-order chi connectivity index (χ0) is 84.8. The second kappa shape index (κ2) is 41.4. The number of hydrogen-bond donors (Lipinski definition) is 2. The zero-order valence-electron chi connectivity index (χ0n) is 70.0. The van der Waals surface area contributed by atoms with E-state index in [1.165, 1.54) is 35.9 Å². The van der Waals surface area contributed by atoms with Gasteiger partial charge < -0.3 is 76.4 Å². The Bertz CT molecular complexity index is 4650. The molecule has 2 N–H and O–H groups in total. The predicted octanol–water partition coefficient (Wildman–Crippen LogP) is 17.7. The van der Waals surface area contributed by atoms with Crippen LogP contribution in [0.4, 0.5) is 8.78 Å². The molecule has 4 atom stereocenters. The normalized spacial score (nSPS) is 20.4. The molecule has 5 fully saturated rings. The Balaban J connectivity index is 0.000000155. The number of benzene rings is 7. The van der Waals surface area contributed by atoms with Gasteiger partial charge in [0, 0.05) is 107 Å². The first-order chi connectivity index (χ1) is 56.2. The number of halogens is 4. The number of carbonyl (C=O) groups is 2. The Morgan fingerprint density at radius 3 is 1.31 bits per heavy atom. The monoisotopic (exact) mass is 1780 g/mol. The maximum absolute atomic E-state index is 15.3. The van der Waals surface area contributed by atoms with Crippen LogP contribution in [0.3, 0.4) is 0 Å². The highest BCUT2D eigenvalue weighted by Crippen LogP contribution is 2.48. The number of aliphatic hydroxyl groups excluding tert-OH is 1. The van der Waals surface area contributed by atoms with E-state index in [4.69, 9.17) is 80.5 Å². The number of hydrogen-bond acceptors (Lipinski definition) is 21. The van der Waals surface area contributed by atoms with Crippen LogP contribution in [0.2, 0.25) is 0 Å². The van der Waals surface area contributed by atoms with Crippen molar-refractivity contribution in [2.45, 2.75) is 219 Å². The van der Waals surface area contributed by atoms with Gasteiger partial charge >= 0.3 is 19.1 Å². The molecule has 640 valence electrons. The van der Waals surface area contributed by atoms with Gasteiger partial charge in [-0.3, -0.25) is 13.8 Å². The summed E-state index contributed by atoms with van der Waals surface area (Å²) >= 11 is 6.97. The van der Waals surface area contributed by atoms with Crippen LogP contribution >= 0.6 is 31.9 Å². The fourth-order valence-corrected chi connectivity index (χ4v) is 17.1. The number of methoxy groups -OCH3 is 2. The quantitative estimate of drug-likeness (QED) is 0.0518. The molecule has 9 aliphatic rings. The smallest absolute Gasteiger partial charge is 0.495 e. The highest BCUT2D eigenvalue weighted by Gasteiger charge is 2.53. The molecular weight excluding hydrogens is 1670 g/mol. The molecule has 21 nitrogen and oxygen atoms in total. The number of ether oxygens (including phenoxy) is 12. The van der Waals surface area contributed by atoms with Gasteiger partial charge in [0.1, 0.15) is 76.3 Å². The van der Waals surface area contributed by atoms with Crippen LogP contribution in [-0.4, -0.2) is 160 Å².